The van der Waals surface area contributed by atoms with Crippen LogP contribution in [0.25, 0.3) is 0 Å². The molecule has 4 N–H and O–H groups in total. The van der Waals surface area contributed by atoms with E-state index in [0.29, 0.717) is 30.0 Å². The van der Waals surface area contributed by atoms with Gasteiger partial charge in [-0.15, -0.1) is 0 Å². The number of imidazole rings is 1. The fraction of sp³-hybridized carbons (Fsp3) is 0.167. The van der Waals surface area contributed by atoms with Gasteiger partial charge in [0.25, 0.3) is 0 Å². The molecule has 0 radical (unpaired) electrons. The highest BCUT2D eigenvalue weighted by Gasteiger charge is 2.26. The molecular weight excluding hydrogens is 426 g/mol. The maximum Gasteiger partial charge on any atom is 0.328 e. The molecule has 0 aliphatic heterocycles. The van der Waals surface area contributed by atoms with Crippen LogP contribution in [0.5, 0.6) is 11.5 Å². The third-order valence-electron chi connectivity index (χ3n) is 4.84. The van der Waals surface area contributed by atoms with E-state index >= 15 is 0 Å². The fourth-order valence-electron chi connectivity index (χ4n) is 3.28. The van der Waals surface area contributed by atoms with E-state index in [9.17, 15) is 14.4 Å². The number of carboxylic acid groups (broad SMARTS) is 2. The number of carboxylic acids is 2. The van der Waals surface area contributed by atoms with Gasteiger partial charge in [0.1, 0.15) is 5.75 Å². The van der Waals surface area contributed by atoms with Gasteiger partial charge < -0.3 is 25.3 Å². The molecule has 3 aromatic rings. The van der Waals surface area contributed by atoms with Gasteiger partial charge in [0.15, 0.2) is 5.75 Å². The largest absolute Gasteiger partial charge is 0.478 e. The number of ether oxygens (including phenoxy) is 1. The van der Waals surface area contributed by atoms with E-state index in [4.69, 9.17) is 14.9 Å². The van der Waals surface area contributed by atoms with Crippen LogP contribution >= 0.6 is 0 Å². The molecule has 0 saturated heterocycles. The summed E-state index contributed by atoms with van der Waals surface area (Å²) in [4.78, 5) is 39.2. The molecule has 0 spiro atoms. The van der Waals surface area contributed by atoms with E-state index in [1.54, 1.807) is 6.33 Å². The van der Waals surface area contributed by atoms with Crippen LogP contribution in [0.1, 0.15) is 17.8 Å². The van der Waals surface area contributed by atoms with Crippen molar-refractivity contribution in [2.45, 2.75) is 19.3 Å². The lowest BCUT2D eigenvalue weighted by atomic mass is 9.89. The van der Waals surface area contributed by atoms with Gasteiger partial charge in [0.2, 0.25) is 5.91 Å². The Balaban J connectivity index is 0.000000331. The first-order valence-corrected chi connectivity index (χ1v) is 10.2. The van der Waals surface area contributed by atoms with Crippen LogP contribution < -0.4 is 10.1 Å². The summed E-state index contributed by atoms with van der Waals surface area (Å²) in [6.45, 7) is 0. The Bertz CT molecular complexity index is 1120. The minimum atomic E-state index is -1.26. The number of anilines is 1. The fourth-order valence-corrected chi connectivity index (χ4v) is 3.28. The molecule has 0 fully saturated rings. The zero-order valence-electron chi connectivity index (χ0n) is 17.6. The number of aromatic nitrogens is 2. The van der Waals surface area contributed by atoms with E-state index in [0.717, 1.165) is 30.0 Å². The molecule has 33 heavy (non-hydrogen) atoms. The SMILES string of the molecule is O=C(Nc1ccccc1Oc1ccccc1)C1CCc2nc[nH]c2C1.O=C(O)C=CC(=O)O. The highest BCUT2D eigenvalue weighted by Crippen LogP contribution is 2.31. The Hall–Kier alpha value is -4.40. The Morgan fingerprint density at radius 3 is 2.36 bits per heavy atom. The van der Waals surface area contributed by atoms with Crippen molar-refractivity contribution in [2.75, 3.05) is 5.32 Å². The number of para-hydroxylation sites is 3. The summed E-state index contributed by atoms with van der Waals surface area (Å²) in [5, 5.41) is 18.6. The van der Waals surface area contributed by atoms with Crippen molar-refractivity contribution in [3.63, 3.8) is 0 Å². The molecule has 1 amide bonds. The number of aromatic amines is 1. The van der Waals surface area contributed by atoms with Crippen molar-refractivity contribution in [3.8, 4) is 11.5 Å². The molecule has 0 bridgehead atoms. The highest BCUT2D eigenvalue weighted by molar-refractivity contribution is 5.94. The van der Waals surface area contributed by atoms with Crippen molar-refractivity contribution in [3.05, 3.63) is 84.5 Å². The summed E-state index contributed by atoms with van der Waals surface area (Å²) in [5.74, 6) is -1.18. The molecule has 170 valence electrons. The van der Waals surface area contributed by atoms with Crippen LogP contribution in [0, 0.1) is 5.92 Å². The number of H-pyrrole nitrogens is 1. The van der Waals surface area contributed by atoms with Gasteiger partial charge in [-0.05, 0) is 37.1 Å². The van der Waals surface area contributed by atoms with E-state index in [1.807, 2.05) is 54.6 Å². The normalized spacial score (nSPS) is 14.5. The number of rotatable bonds is 6. The predicted octanol–water partition coefficient (Wildman–Crippen LogP) is 3.66. The first kappa shape index (κ1) is 23.3. The van der Waals surface area contributed by atoms with Crippen LogP contribution in [-0.4, -0.2) is 38.0 Å². The zero-order chi connectivity index (χ0) is 23.6. The molecule has 4 rings (SSSR count). The second-order valence-corrected chi connectivity index (χ2v) is 7.18. The standard InChI is InChI=1S/C20H19N3O2.C4H4O4/c24-20(14-10-11-16-18(12-14)22-13-21-16)23-17-8-4-5-9-19(17)25-15-6-2-1-3-7-15;5-3(6)1-2-4(7)8/h1-9,13-14H,10-12H2,(H,21,22)(H,23,24);1-2H,(H,5,6)(H,7,8). The van der Waals surface area contributed by atoms with E-state index < -0.39 is 11.9 Å². The lowest BCUT2D eigenvalue weighted by molar-refractivity contribution is -0.134. The number of benzene rings is 2. The molecule has 1 aliphatic rings. The van der Waals surface area contributed by atoms with Crippen LogP contribution in [-0.2, 0) is 27.2 Å². The summed E-state index contributed by atoms with van der Waals surface area (Å²) in [7, 11) is 0. The van der Waals surface area contributed by atoms with E-state index in [1.165, 1.54) is 0 Å². The summed E-state index contributed by atoms with van der Waals surface area (Å²) in [5.41, 5.74) is 2.84. The number of amides is 1. The first-order valence-electron chi connectivity index (χ1n) is 10.2. The lowest BCUT2D eigenvalue weighted by Crippen LogP contribution is -2.28. The number of carbonyl (C=O) groups excluding carboxylic acids is 1. The van der Waals surface area contributed by atoms with Crippen molar-refractivity contribution in [1.82, 2.24) is 9.97 Å². The van der Waals surface area contributed by atoms with Gasteiger partial charge >= 0.3 is 11.9 Å². The average molecular weight is 449 g/mol. The summed E-state index contributed by atoms with van der Waals surface area (Å²) < 4.78 is 5.91. The molecular formula is C24H23N3O6. The highest BCUT2D eigenvalue weighted by atomic mass is 16.5. The topological polar surface area (TPSA) is 142 Å². The van der Waals surface area contributed by atoms with Gasteiger partial charge in [-0.3, -0.25) is 4.79 Å². The monoisotopic (exact) mass is 449 g/mol. The first-order chi connectivity index (χ1) is 15.9. The quantitative estimate of drug-likeness (QED) is 0.421. The number of aliphatic carboxylic acids is 2. The van der Waals surface area contributed by atoms with E-state index in [-0.39, 0.29) is 11.8 Å². The summed E-state index contributed by atoms with van der Waals surface area (Å²) in [6, 6.07) is 17.1. The molecule has 1 unspecified atom stereocenters. The average Bonchev–Trinajstić information content (AvgIpc) is 3.28. The minimum absolute atomic E-state index is 0.0179. The molecule has 1 aliphatic carbocycles. The number of hydrogen-bond donors (Lipinski definition) is 4. The lowest BCUT2D eigenvalue weighted by Gasteiger charge is -2.21. The molecule has 1 heterocycles. The number of hydrogen-bond acceptors (Lipinski definition) is 5. The van der Waals surface area contributed by atoms with E-state index in [2.05, 4.69) is 15.3 Å². The van der Waals surface area contributed by atoms with Crippen molar-refractivity contribution < 1.29 is 29.3 Å². The second-order valence-electron chi connectivity index (χ2n) is 7.18. The van der Waals surface area contributed by atoms with Crippen LogP contribution in [0.3, 0.4) is 0 Å². The molecule has 2 aromatic carbocycles. The maximum absolute atomic E-state index is 12.7. The van der Waals surface area contributed by atoms with Gasteiger partial charge in [0.05, 0.1) is 17.7 Å². The van der Waals surface area contributed by atoms with Gasteiger partial charge in [-0.2, -0.15) is 0 Å². The number of nitrogens with one attached hydrogen (secondary N) is 2. The van der Waals surface area contributed by atoms with Crippen molar-refractivity contribution in [1.29, 1.82) is 0 Å². The second kappa shape index (κ2) is 11.3. The Labute approximate surface area is 189 Å². The zero-order valence-corrected chi connectivity index (χ0v) is 17.6. The maximum atomic E-state index is 12.7. The van der Waals surface area contributed by atoms with Gasteiger partial charge in [0, 0.05) is 30.2 Å². The summed E-state index contributed by atoms with van der Waals surface area (Å²) >= 11 is 0. The molecule has 0 saturated carbocycles. The number of carbonyl (C=O) groups is 3. The Morgan fingerprint density at radius 1 is 1.00 bits per heavy atom. The number of aryl methyl sites for hydroxylation is 1. The minimum Gasteiger partial charge on any atom is -0.478 e. The Kier molecular flexibility index (Phi) is 7.96. The molecule has 9 heteroatoms. The molecule has 1 atom stereocenters. The third-order valence-corrected chi connectivity index (χ3v) is 4.84. The molecule has 9 nitrogen and oxygen atoms in total. The van der Waals surface area contributed by atoms with Crippen LogP contribution in [0.2, 0.25) is 0 Å². The third kappa shape index (κ3) is 7.06. The summed E-state index contributed by atoms with van der Waals surface area (Å²) in [6.07, 6.45) is 5.16. The number of fused-ring (bicyclic) bond motifs is 1. The number of nitrogens with zero attached hydrogens (tertiary/aromatic N) is 1. The Morgan fingerprint density at radius 2 is 1.67 bits per heavy atom. The predicted molar refractivity (Wildman–Crippen MR) is 120 cm³/mol. The van der Waals surface area contributed by atoms with Crippen LogP contribution in [0.15, 0.2) is 73.1 Å². The smallest absolute Gasteiger partial charge is 0.328 e. The van der Waals surface area contributed by atoms with Gasteiger partial charge in [-0.25, -0.2) is 14.6 Å². The van der Waals surface area contributed by atoms with Crippen LogP contribution in [0.4, 0.5) is 5.69 Å². The van der Waals surface area contributed by atoms with Crippen molar-refractivity contribution in [2.24, 2.45) is 5.92 Å². The molecule has 1 aromatic heterocycles. The van der Waals surface area contributed by atoms with Crippen molar-refractivity contribution >= 4 is 23.5 Å². The van der Waals surface area contributed by atoms with Gasteiger partial charge in [-0.1, -0.05) is 30.3 Å².